The van der Waals surface area contributed by atoms with Crippen molar-refractivity contribution in [2.45, 2.75) is 18.5 Å². The number of hydrogen-bond acceptors (Lipinski definition) is 4. The van der Waals surface area contributed by atoms with E-state index in [1.165, 1.54) is 29.6 Å². The highest BCUT2D eigenvalue weighted by molar-refractivity contribution is 5.96. The zero-order valence-corrected chi connectivity index (χ0v) is 10.7. The summed E-state index contributed by atoms with van der Waals surface area (Å²) in [7, 11) is 0. The summed E-state index contributed by atoms with van der Waals surface area (Å²) in [5.41, 5.74) is 0.479. The van der Waals surface area contributed by atoms with Gasteiger partial charge in [0, 0.05) is 12.1 Å². The van der Waals surface area contributed by atoms with Crippen molar-refractivity contribution in [1.82, 2.24) is 20.6 Å². The van der Waals surface area contributed by atoms with Crippen LogP contribution >= 0.6 is 0 Å². The molecule has 0 radical (unpaired) electrons. The lowest BCUT2D eigenvalue weighted by Crippen LogP contribution is -2.47. The van der Waals surface area contributed by atoms with E-state index in [0.29, 0.717) is 17.8 Å². The van der Waals surface area contributed by atoms with Crippen LogP contribution in [0.4, 0.5) is 27.6 Å². The second-order valence-electron chi connectivity index (χ2n) is 4.25. The van der Waals surface area contributed by atoms with Gasteiger partial charge in [0.15, 0.2) is 5.82 Å². The number of benzene rings is 1. The summed E-state index contributed by atoms with van der Waals surface area (Å²) in [6.07, 6.45) is -5.64. The van der Waals surface area contributed by atoms with Crippen LogP contribution in [0.25, 0.3) is 0 Å². The maximum Gasteiger partial charge on any atom is 0.463 e. The Morgan fingerprint density at radius 3 is 2.27 bits per heavy atom. The van der Waals surface area contributed by atoms with Crippen molar-refractivity contribution < 1.29 is 26.7 Å². The molecule has 1 aromatic heterocycles. The minimum atomic E-state index is -5.95. The maximum atomic E-state index is 12.8. The predicted molar refractivity (Wildman–Crippen MR) is 63.1 cm³/mol. The molecule has 118 valence electrons. The quantitative estimate of drug-likeness (QED) is 0.843. The summed E-state index contributed by atoms with van der Waals surface area (Å²) in [5.74, 6) is -7.45. The Morgan fingerprint density at radius 1 is 1.14 bits per heavy atom. The highest BCUT2D eigenvalue weighted by Gasteiger charge is 2.63. The molecule has 1 heterocycles. The molecule has 22 heavy (non-hydrogen) atoms. The number of anilines is 1. The number of aromatic amines is 1. The first kappa shape index (κ1) is 15.8. The van der Waals surface area contributed by atoms with Crippen molar-refractivity contribution in [2.24, 2.45) is 0 Å². The van der Waals surface area contributed by atoms with Gasteiger partial charge < -0.3 is 5.32 Å². The molecule has 0 atom stereocenters. The van der Waals surface area contributed by atoms with Crippen molar-refractivity contribution >= 4 is 11.6 Å². The maximum absolute atomic E-state index is 12.8. The number of carbonyl (C=O) groups is 1. The molecule has 0 aliphatic rings. The van der Waals surface area contributed by atoms with E-state index >= 15 is 0 Å². The Balaban J connectivity index is 2.04. The minimum Gasteiger partial charge on any atom is -0.321 e. The molecular weight excluding hydrogens is 313 g/mol. The molecule has 0 aliphatic heterocycles. The van der Waals surface area contributed by atoms with Crippen molar-refractivity contribution in [3.8, 4) is 0 Å². The zero-order valence-electron chi connectivity index (χ0n) is 10.7. The van der Waals surface area contributed by atoms with Gasteiger partial charge in [-0.05, 0) is 28.1 Å². The third-order valence-electron chi connectivity index (χ3n) is 2.61. The molecule has 0 saturated heterocycles. The lowest BCUT2D eigenvalue weighted by molar-refractivity contribution is -0.267. The summed E-state index contributed by atoms with van der Waals surface area (Å²) in [4.78, 5) is 11.0. The van der Waals surface area contributed by atoms with Crippen LogP contribution in [0.2, 0.25) is 0 Å². The molecule has 2 rings (SSSR count). The Morgan fingerprint density at radius 2 is 1.77 bits per heavy atom. The van der Waals surface area contributed by atoms with Crippen LogP contribution < -0.4 is 5.32 Å². The van der Waals surface area contributed by atoms with E-state index in [0.717, 1.165) is 0 Å². The molecule has 2 aromatic rings. The van der Waals surface area contributed by atoms with Gasteiger partial charge in [-0.3, -0.25) is 4.79 Å². The molecule has 0 fully saturated rings. The van der Waals surface area contributed by atoms with Gasteiger partial charge in [0.2, 0.25) is 0 Å². The molecular formula is C11H8F5N5O. The van der Waals surface area contributed by atoms with Gasteiger partial charge in [0.05, 0.1) is 0 Å². The summed E-state index contributed by atoms with van der Waals surface area (Å²) in [6, 6.07) is 5.26. The van der Waals surface area contributed by atoms with E-state index in [1.54, 1.807) is 0 Å². The number of H-pyrrole nitrogens is 1. The molecule has 6 nitrogen and oxygen atoms in total. The van der Waals surface area contributed by atoms with Crippen LogP contribution in [0, 0.1) is 0 Å². The normalized spacial score (nSPS) is 12.2. The highest BCUT2D eigenvalue weighted by Crippen LogP contribution is 2.36. The second-order valence-corrected chi connectivity index (χ2v) is 4.25. The fraction of sp³-hybridized carbons (Fsp3) is 0.273. The van der Waals surface area contributed by atoms with Crippen molar-refractivity contribution in [2.75, 3.05) is 5.32 Å². The number of amides is 1. The largest absolute Gasteiger partial charge is 0.463 e. The summed E-state index contributed by atoms with van der Waals surface area (Å²) >= 11 is 0. The standard InChI is InChI=1S/C11H8F5N5O/c12-10(13,11(14,15)16)9(22)17-7-3-1-6(2-4-7)5-8-18-20-21-19-8/h1-4H,5H2,(H,17,22)(H,18,19,20,21). The molecule has 0 bridgehead atoms. The number of aromatic nitrogens is 4. The van der Waals surface area contributed by atoms with Crippen LogP contribution in [0.1, 0.15) is 11.4 Å². The van der Waals surface area contributed by atoms with Gasteiger partial charge in [0.25, 0.3) is 0 Å². The smallest absolute Gasteiger partial charge is 0.321 e. The van der Waals surface area contributed by atoms with E-state index in [-0.39, 0.29) is 5.69 Å². The first-order valence-electron chi connectivity index (χ1n) is 5.77. The SMILES string of the molecule is O=C(Nc1ccc(Cc2nnn[nH]2)cc1)C(F)(F)C(F)(F)F. The number of carbonyl (C=O) groups excluding carboxylic acids is 1. The average Bonchev–Trinajstić information content (AvgIpc) is 2.92. The fourth-order valence-corrected chi connectivity index (χ4v) is 1.49. The molecule has 1 amide bonds. The lowest BCUT2D eigenvalue weighted by atomic mass is 10.1. The molecule has 0 unspecified atom stereocenters. The lowest BCUT2D eigenvalue weighted by Gasteiger charge is -2.18. The van der Waals surface area contributed by atoms with Crippen LogP contribution in [0.5, 0.6) is 0 Å². The summed E-state index contributed by atoms with van der Waals surface area (Å²) in [6.45, 7) is 0. The molecule has 11 heteroatoms. The van der Waals surface area contributed by atoms with Crippen LogP contribution in [-0.4, -0.2) is 38.6 Å². The van der Waals surface area contributed by atoms with Gasteiger partial charge in [-0.15, -0.1) is 5.10 Å². The van der Waals surface area contributed by atoms with E-state index in [2.05, 4.69) is 20.6 Å². The van der Waals surface area contributed by atoms with Crippen LogP contribution in [0.15, 0.2) is 24.3 Å². The van der Waals surface area contributed by atoms with E-state index in [9.17, 15) is 26.7 Å². The van der Waals surface area contributed by atoms with E-state index in [4.69, 9.17) is 0 Å². The minimum absolute atomic E-state index is 0.187. The van der Waals surface area contributed by atoms with Gasteiger partial charge in [-0.1, -0.05) is 12.1 Å². The number of nitrogens with one attached hydrogen (secondary N) is 2. The Bertz CT molecular complexity index is 638. The topological polar surface area (TPSA) is 83.6 Å². The average molecular weight is 321 g/mol. The number of hydrogen-bond donors (Lipinski definition) is 2. The summed E-state index contributed by atoms with van der Waals surface area (Å²) < 4.78 is 61.6. The number of halogens is 5. The first-order valence-corrected chi connectivity index (χ1v) is 5.77. The van der Waals surface area contributed by atoms with Gasteiger partial charge in [0.1, 0.15) is 0 Å². The third-order valence-corrected chi connectivity index (χ3v) is 2.61. The van der Waals surface area contributed by atoms with Crippen molar-refractivity contribution in [1.29, 1.82) is 0 Å². The van der Waals surface area contributed by atoms with E-state index < -0.39 is 18.0 Å². The molecule has 0 saturated carbocycles. The number of rotatable bonds is 4. The van der Waals surface area contributed by atoms with Gasteiger partial charge >= 0.3 is 18.0 Å². The third kappa shape index (κ3) is 3.35. The van der Waals surface area contributed by atoms with Crippen molar-refractivity contribution in [3.05, 3.63) is 35.7 Å². The van der Waals surface area contributed by atoms with Crippen LogP contribution in [0.3, 0.4) is 0 Å². The second kappa shape index (κ2) is 5.66. The van der Waals surface area contributed by atoms with E-state index in [1.807, 2.05) is 0 Å². The predicted octanol–water partition coefficient (Wildman–Crippen LogP) is 1.93. The first-order chi connectivity index (χ1) is 10.2. The van der Waals surface area contributed by atoms with Gasteiger partial charge in [-0.25, -0.2) is 5.10 Å². The summed E-state index contributed by atoms with van der Waals surface area (Å²) in [5, 5.41) is 14.4. The van der Waals surface area contributed by atoms with Crippen molar-refractivity contribution in [3.63, 3.8) is 0 Å². The number of tetrazole rings is 1. The fourth-order valence-electron chi connectivity index (χ4n) is 1.49. The molecule has 0 spiro atoms. The highest BCUT2D eigenvalue weighted by atomic mass is 19.4. The monoisotopic (exact) mass is 321 g/mol. The molecule has 1 aromatic carbocycles. The number of nitrogens with zero attached hydrogens (tertiary/aromatic N) is 3. The van der Waals surface area contributed by atoms with Crippen LogP contribution in [-0.2, 0) is 11.2 Å². The molecule has 0 aliphatic carbocycles. The Kier molecular flexibility index (Phi) is 4.06. The van der Waals surface area contributed by atoms with Gasteiger partial charge in [-0.2, -0.15) is 22.0 Å². The Labute approximate surface area is 119 Å². The molecule has 2 N–H and O–H groups in total. The Hall–Kier alpha value is -2.59. The number of alkyl halides is 5. The zero-order chi connectivity index (χ0) is 16.4.